The molecule has 2 heterocycles. The van der Waals surface area contributed by atoms with Crippen molar-refractivity contribution in [1.82, 2.24) is 9.97 Å². The summed E-state index contributed by atoms with van der Waals surface area (Å²) in [5.74, 6) is 0.849. The van der Waals surface area contributed by atoms with Crippen molar-refractivity contribution >= 4 is 22.7 Å². The number of nitrogens with zero attached hydrogens (tertiary/aromatic N) is 2. The lowest BCUT2D eigenvalue weighted by molar-refractivity contribution is 0.415. The van der Waals surface area contributed by atoms with Crippen LogP contribution in [0.25, 0.3) is 32.5 Å². The van der Waals surface area contributed by atoms with Crippen LogP contribution in [-0.4, -0.2) is 17.1 Å². The molecule has 0 saturated heterocycles. The Morgan fingerprint density at radius 3 is 2.15 bits per heavy atom. The van der Waals surface area contributed by atoms with E-state index in [0.717, 1.165) is 32.7 Å². The van der Waals surface area contributed by atoms with Crippen molar-refractivity contribution in [2.75, 3.05) is 7.11 Å². The lowest BCUT2D eigenvalue weighted by Gasteiger charge is -2.03. The van der Waals surface area contributed by atoms with Crippen molar-refractivity contribution in [3.8, 4) is 38.3 Å². The number of hydrogen-bond acceptors (Lipinski definition) is 5. The van der Waals surface area contributed by atoms with Gasteiger partial charge in [0.05, 0.1) is 18.5 Å². The van der Waals surface area contributed by atoms with Gasteiger partial charge >= 0.3 is 0 Å². The summed E-state index contributed by atoms with van der Waals surface area (Å²) in [5.41, 5.74) is 6.75. The first-order chi connectivity index (χ1) is 12.6. The summed E-state index contributed by atoms with van der Waals surface area (Å²) in [7, 11) is 1.67. The lowest BCUT2D eigenvalue weighted by atomic mass is 10.0. The van der Waals surface area contributed by atoms with Gasteiger partial charge in [-0.05, 0) is 49.7 Å². The molecule has 130 valence electrons. The minimum absolute atomic E-state index is 0.849. The number of ether oxygens (including phenoxy) is 1. The molecule has 0 unspecified atom stereocenters. The van der Waals surface area contributed by atoms with Gasteiger partial charge in [-0.3, -0.25) is 0 Å². The van der Waals surface area contributed by atoms with Crippen molar-refractivity contribution in [2.24, 2.45) is 0 Å². The monoisotopic (exact) mass is 378 g/mol. The summed E-state index contributed by atoms with van der Waals surface area (Å²) in [5, 5.41) is 6.12. The number of thiazole rings is 2. The van der Waals surface area contributed by atoms with Crippen LogP contribution in [0.3, 0.4) is 0 Å². The van der Waals surface area contributed by atoms with Crippen LogP contribution in [-0.2, 0) is 0 Å². The molecule has 0 amide bonds. The van der Waals surface area contributed by atoms with Crippen molar-refractivity contribution in [3.63, 3.8) is 0 Å². The zero-order chi connectivity index (χ0) is 18.1. The van der Waals surface area contributed by atoms with Crippen LogP contribution in [0.5, 0.6) is 5.75 Å². The second-order valence-corrected chi connectivity index (χ2v) is 7.84. The first-order valence-corrected chi connectivity index (χ1v) is 10.0. The topological polar surface area (TPSA) is 35.0 Å². The maximum absolute atomic E-state index is 5.22. The fourth-order valence-electron chi connectivity index (χ4n) is 2.77. The summed E-state index contributed by atoms with van der Waals surface area (Å²) in [4.78, 5) is 9.61. The second-order valence-electron chi connectivity index (χ2n) is 6.12. The maximum Gasteiger partial charge on any atom is 0.152 e. The third kappa shape index (κ3) is 3.28. The predicted octanol–water partition coefficient (Wildman–Crippen LogP) is 6.23. The highest BCUT2D eigenvalue weighted by atomic mass is 32.1. The Hall–Kier alpha value is -2.50. The molecule has 4 aromatic rings. The third-order valence-corrected chi connectivity index (χ3v) is 6.07. The fourth-order valence-corrected chi connectivity index (χ4v) is 4.47. The van der Waals surface area contributed by atoms with Gasteiger partial charge in [0, 0.05) is 21.9 Å². The molecule has 0 N–H and O–H groups in total. The summed E-state index contributed by atoms with van der Waals surface area (Å²) < 4.78 is 5.22. The van der Waals surface area contributed by atoms with Crippen molar-refractivity contribution < 1.29 is 4.74 Å². The summed E-state index contributed by atoms with van der Waals surface area (Å²) >= 11 is 3.27. The number of aromatic nitrogens is 2. The molecule has 0 atom stereocenters. The smallest absolute Gasteiger partial charge is 0.152 e. The van der Waals surface area contributed by atoms with Gasteiger partial charge in [0.15, 0.2) is 10.0 Å². The quantitative estimate of drug-likeness (QED) is 0.422. The van der Waals surface area contributed by atoms with Crippen LogP contribution >= 0.6 is 22.7 Å². The van der Waals surface area contributed by atoms with Gasteiger partial charge in [-0.2, -0.15) is 0 Å². The van der Waals surface area contributed by atoms with Crippen LogP contribution in [0, 0.1) is 13.8 Å². The van der Waals surface area contributed by atoms with Crippen molar-refractivity contribution in [1.29, 1.82) is 0 Å². The van der Waals surface area contributed by atoms with E-state index in [0.29, 0.717) is 0 Å². The Balaban J connectivity index is 1.64. The first-order valence-electron chi connectivity index (χ1n) is 8.27. The van der Waals surface area contributed by atoms with E-state index in [1.54, 1.807) is 29.8 Å². The molecule has 2 aromatic carbocycles. The molecule has 0 fully saturated rings. The number of aryl methyl sites for hydroxylation is 2. The number of methoxy groups -OCH3 is 1. The molecule has 0 spiro atoms. The molecule has 0 aliphatic heterocycles. The average Bonchev–Trinajstić information content (AvgIpc) is 3.33. The van der Waals surface area contributed by atoms with E-state index in [2.05, 4.69) is 42.8 Å². The molecule has 3 nitrogen and oxygen atoms in total. The summed E-state index contributed by atoms with van der Waals surface area (Å²) in [6.45, 7) is 4.23. The van der Waals surface area contributed by atoms with E-state index in [1.807, 2.05) is 24.3 Å². The van der Waals surface area contributed by atoms with Crippen LogP contribution < -0.4 is 4.74 Å². The summed E-state index contributed by atoms with van der Waals surface area (Å²) in [6.07, 6.45) is 0. The Bertz CT molecular complexity index is 1050. The van der Waals surface area contributed by atoms with Gasteiger partial charge in [0.2, 0.25) is 0 Å². The third-order valence-electron chi connectivity index (χ3n) is 4.25. The highest BCUT2D eigenvalue weighted by molar-refractivity contribution is 7.20. The van der Waals surface area contributed by atoms with E-state index >= 15 is 0 Å². The highest BCUT2D eigenvalue weighted by Crippen LogP contribution is 2.34. The van der Waals surface area contributed by atoms with Gasteiger partial charge in [0.1, 0.15) is 5.75 Å². The Kier molecular flexibility index (Phi) is 4.57. The molecule has 26 heavy (non-hydrogen) atoms. The second kappa shape index (κ2) is 7.02. The Morgan fingerprint density at radius 2 is 1.46 bits per heavy atom. The lowest BCUT2D eigenvalue weighted by Crippen LogP contribution is -1.85. The number of benzene rings is 2. The largest absolute Gasteiger partial charge is 0.497 e. The van der Waals surface area contributed by atoms with Crippen molar-refractivity contribution in [2.45, 2.75) is 13.8 Å². The maximum atomic E-state index is 5.22. The number of rotatable bonds is 4. The standard InChI is InChI=1S/C21H18N2OS2/c1-13-4-5-14(2)17(10-13)19-12-26-21(23-19)20-22-18(11-25-20)15-6-8-16(24-3)9-7-15/h4-12H,1-3H3. The molecule has 2 aromatic heterocycles. The molecule has 4 rings (SSSR count). The van der Waals surface area contributed by atoms with Gasteiger partial charge in [-0.25, -0.2) is 9.97 Å². The SMILES string of the molecule is COc1ccc(-c2csc(-c3nc(-c4cc(C)ccc4C)cs3)n2)cc1. The van der Waals surface area contributed by atoms with Crippen LogP contribution in [0.4, 0.5) is 0 Å². The molecular weight excluding hydrogens is 360 g/mol. The zero-order valence-corrected chi connectivity index (χ0v) is 16.4. The molecule has 5 heteroatoms. The Morgan fingerprint density at radius 1 is 0.808 bits per heavy atom. The first kappa shape index (κ1) is 16.9. The molecule has 0 saturated carbocycles. The highest BCUT2D eigenvalue weighted by Gasteiger charge is 2.13. The van der Waals surface area contributed by atoms with E-state index in [-0.39, 0.29) is 0 Å². The van der Waals surface area contributed by atoms with Crippen LogP contribution in [0.1, 0.15) is 11.1 Å². The predicted molar refractivity (Wildman–Crippen MR) is 110 cm³/mol. The average molecular weight is 379 g/mol. The Labute approximate surface area is 161 Å². The summed E-state index contributed by atoms with van der Waals surface area (Å²) in [6, 6.07) is 14.4. The number of hydrogen-bond donors (Lipinski definition) is 0. The normalized spacial score (nSPS) is 10.9. The van der Waals surface area contributed by atoms with E-state index < -0.39 is 0 Å². The van der Waals surface area contributed by atoms with Crippen LogP contribution in [0.15, 0.2) is 53.2 Å². The molecule has 0 aliphatic rings. The van der Waals surface area contributed by atoms with E-state index in [4.69, 9.17) is 14.7 Å². The molecule has 0 radical (unpaired) electrons. The van der Waals surface area contributed by atoms with Crippen molar-refractivity contribution in [3.05, 3.63) is 64.4 Å². The molecular formula is C21H18N2OS2. The van der Waals surface area contributed by atoms with Gasteiger partial charge < -0.3 is 4.74 Å². The van der Waals surface area contributed by atoms with Gasteiger partial charge in [-0.15, -0.1) is 22.7 Å². The minimum Gasteiger partial charge on any atom is -0.497 e. The van der Waals surface area contributed by atoms with Crippen LogP contribution in [0.2, 0.25) is 0 Å². The fraction of sp³-hybridized carbons (Fsp3) is 0.143. The molecule has 0 bridgehead atoms. The minimum atomic E-state index is 0.849. The van der Waals surface area contributed by atoms with E-state index in [9.17, 15) is 0 Å². The van der Waals surface area contributed by atoms with Gasteiger partial charge in [0.25, 0.3) is 0 Å². The zero-order valence-electron chi connectivity index (χ0n) is 14.8. The van der Waals surface area contributed by atoms with E-state index in [1.165, 1.54) is 16.7 Å². The molecule has 0 aliphatic carbocycles. The van der Waals surface area contributed by atoms with Gasteiger partial charge in [-0.1, -0.05) is 17.7 Å².